The summed E-state index contributed by atoms with van der Waals surface area (Å²) in [6.45, 7) is 5.33. The third-order valence-corrected chi connectivity index (χ3v) is 5.93. The van der Waals surface area contributed by atoms with Gasteiger partial charge >= 0.3 is 0 Å². The van der Waals surface area contributed by atoms with Crippen LogP contribution in [-0.2, 0) is 6.54 Å². The molecule has 0 saturated carbocycles. The molecule has 0 unspecified atom stereocenters. The normalized spacial score (nSPS) is 15.2. The number of fused-ring (bicyclic) bond motifs is 3. The summed E-state index contributed by atoms with van der Waals surface area (Å²) in [5.74, 6) is 0.951. The maximum atomic E-state index is 5.75. The molecule has 0 aliphatic carbocycles. The highest BCUT2D eigenvalue weighted by Crippen LogP contribution is 2.32. The predicted octanol–water partition coefficient (Wildman–Crippen LogP) is 5.08. The van der Waals surface area contributed by atoms with Crippen molar-refractivity contribution >= 4 is 21.9 Å². The number of ether oxygens (including phenoxy) is 1. The molecular weight excluding hydrogens is 360 g/mol. The Balaban J connectivity index is 1.51. The number of hydrogen-bond acceptors (Lipinski definition) is 4. The van der Waals surface area contributed by atoms with Crippen LogP contribution in [0.3, 0.4) is 0 Å². The van der Waals surface area contributed by atoms with Crippen molar-refractivity contribution in [1.82, 2.24) is 19.9 Å². The van der Waals surface area contributed by atoms with Gasteiger partial charge in [-0.15, -0.1) is 0 Å². The number of nitrogens with zero attached hydrogens (tertiary/aromatic N) is 3. The molecule has 3 aromatic heterocycles. The number of piperidine rings is 1. The first kappa shape index (κ1) is 18.1. The van der Waals surface area contributed by atoms with E-state index < -0.39 is 0 Å². The Labute approximate surface area is 170 Å². The minimum atomic E-state index is 0.893. The lowest BCUT2D eigenvalue weighted by Crippen LogP contribution is -2.29. The number of aryl methyl sites for hydroxylation is 1. The van der Waals surface area contributed by atoms with E-state index in [9.17, 15) is 0 Å². The van der Waals surface area contributed by atoms with Crippen LogP contribution < -0.4 is 4.74 Å². The van der Waals surface area contributed by atoms with Crippen LogP contribution in [-0.4, -0.2) is 40.1 Å². The summed E-state index contributed by atoms with van der Waals surface area (Å²) in [5.41, 5.74) is 6.39. The fourth-order valence-electron chi connectivity index (χ4n) is 4.35. The van der Waals surface area contributed by atoms with Gasteiger partial charge in [0.1, 0.15) is 11.4 Å². The van der Waals surface area contributed by atoms with Crippen LogP contribution in [0.25, 0.3) is 33.1 Å². The van der Waals surface area contributed by atoms with Crippen molar-refractivity contribution in [3.8, 4) is 16.9 Å². The standard InChI is InChI=1S/C24H26N4O/c1-16-10-20-21-11-19(13-26-24(21)27-22(20)14-25-16)17-6-7-18(23(12-17)29-2)15-28-8-4-3-5-9-28/h6-7,10-14H,3-5,8-9,15H2,1-2H3,(H,26,27). The third-order valence-electron chi connectivity index (χ3n) is 5.93. The van der Waals surface area contributed by atoms with Crippen LogP contribution in [0.5, 0.6) is 5.75 Å². The zero-order chi connectivity index (χ0) is 19.8. The van der Waals surface area contributed by atoms with Crippen LogP contribution in [0.4, 0.5) is 0 Å². The maximum Gasteiger partial charge on any atom is 0.138 e. The van der Waals surface area contributed by atoms with E-state index >= 15 is 0 Å². The van der Waals surface area contributed by atoms with E-state index in [1.165, 1.54) is 37.9 Å². The van der Waals surface area contributed by atoms with E-state index in [2.05, 4.69) is 50.2 Å². The van der Waals surface area contributed by atoms with E-state index in [0.717, 1.165) is 51.1 Å². The Bertz CT molecular complexity index is 1170. The molecule has 5 rings (SSSR count). The smallest absolute Gasteiger partial charge is 0.138 e. The average molecular weight is 386 g/mol. The molecular formula is C24H26N4O. The number of methoxy groups -OCH3 is 1. The fourth-order valence-corrected chi connectivity index (χ4v) is 4.35. The van der Waals surface area contributed by atoms with Crippen molar-refractivity contribution in [3.63, 3.8) is 0 Å². The zero-order valence-corrected chi connectivity index (χ0v) is 17.0. The molecule has 29 heavy (non-hydrogen) atoms. The number of hydrogen-bond donors (Lipinski definition) is 1. The molecule has 1 aliphatic heterocycles. The number of likely N-dealkylation sites (tertiary alicyclic amines) is 1. The SMILES string of the molecule is COc1cc(-c2cnc3[nH]c4cnc(C)cc4c3c2)ccc1CN1CCCCC1. The minimum absolute atomic E-state index is 0.893. The number of aromatic amines is 1. The Morgan fingerprint density at radius 1 is 0.966 bits per heavy atom. The van der Waals surface area contributed by atoms with Crippen molar-refractivity contribution in [2.75, 3.05) is 20.2 Å². The minimum Gasteiger partial charge on any atom is -0.496 e. The second-order valence-electron chi connectivity index (χ2n) is 7.98. The first-order valence-electron chi connectivity index (χ1n) is 10.3. The van der Waals surface area contributed by atoms with E-state index in [1.807, 2.05) is 19.3 Å². The van der Waals surface area contributed by atoms with Gasteiger partial charge in [-0.1, -0.05) is 18.6 Å². The van der Waals surface area contributed by atoms with Gasteiger partial charge in [0, 0.05) is 40.3 Å². The molecule has 0 radical (unpaired) electrons. The second kappa shape index (κ2) is 7.48. The van der Waals surface area contributed by atoms with Gasteiger partial charge in [-0.25, -0.2) is 4.98 Å². The molecule has 4 aromatic rings. The predicted molar refractivity (Wildman–Crippen MR) is 117 cm³/mol. The number of pyridine rings is 2. The number of aromatic nitrogens is 3. The highest BCUT2D eigenvalue weighted by atomic mass is 16.5. The molecule has 1 aromatic carbocycles. The lowest BCUT2D eigenvalue weighted by atomic mass is 10.0. The Hall–Kier alpha value is -2.92. The molecule has 1 fully saturated rings. The molecule has 0 bridgehead atoms. The zero-order valence-electron chi connectivity index (χ0n) is 17.0. The van der Waals surface area contributed by atoms with E-state index in [1.54, 1.807) is 7.11 Å². The van der Waals surface area contributed by atoms with Gasteiger partial charge in [-0.3, -0.25) is 9.88 Å². The molecule has 4 heterocycles. The van der Waals surface area contributed by atoms with Gasteiger partial charge < -0.3 is 9.72 Å². The summed E-state index contributed by atoms with van der Waals surface area (Å²) in [5, 5.41) is 2.29. The van der Waals surface area contributed by atoms with Crippen molar-refractivity contribution in [2.24, 2.45) is 0 Å². The van der Waals surface area contributed by atoms with Crippen molar-refractivity contribution in [3.05, 3.63) is 54.0 Å². The Morgan fingerprint density at radius 2 is 1.83 bits per heavy atom. The molecule has 0 spiro atoms. The first-order chi connectivity index (χ1) is 14.2. The van der Waals surface area contributed by atoms with Crippen molar-refractivity contribution in [2.45, 2.75) is 32.7 Å². The quantitative estimate of drug-likeness (QED) is 0.531. The lowest BCUT2D eigenvalue weighted by Gasteiger charge is -2.27. The highest BCUT2D eigenvalue weighted by Gasteiger charge is 2.14. The number of rotatable bonds is 4. The first-order valence-corrected chi connectivity index (χ1v) is 10.3. The van der Waals surface area contributed by atoms with Crippen LogP contribution >= 0.6 is 0 Å². The van der Waals surface area contributed by atoms with E-state index in [0.29, 0.717) is 0 Å². The van der Waals surface area contributed by atoms with Crippen LogP contribution in [0.2, 0.25) is 0 Å². The van der Waals surface area contributed by atoms with Gasteiger partial charge in [0.25, 0.3) is 0 Å². The Kier molecular flexibility index (Phi) is 4.68. The van der Waals surface area contributed by atoms with Crippen LogP contribution in [0.15, 0.2) is 42.7 Å². The van der Waals surface area contributed by atoms with E-state index in [-0.39, 0.29) is 0 Å². The van der Waals surface area contributed by atoms with Gasteiger partial charge in [-0.2, -0.15) is 0 Å². The largest absolute Gasteiger partial charge is 0.496 e. The number of nitrogens with one attached hydrogen (secondary N) is 1. The topological polar surface area (TPSA) is 54.0 Å². The number of benzene rings is 1. The molecule has 5 heteroatoms. The fraction of sp³-hybridized carbons (Fsp3) is 0.333. The monoisotopic (exact) mass is 386 g/mol. The maximum absolute atomic E-state index is 5.75. The molecule has 148 valence electrons. The average Bonchev–Trinajstić information content (AvgIpc) is 3.12. The molecule has 1 aliphatic rings. The lowest BCUT2D eigenvalue weighted by molar-refractivity contribution is 0.218. The van der Waals surface area contributed by atoms with Crippen molar-refractivity contribution in [1.29, 1.82) is 0 Å². The second-order valence-corrected chi connectivity index (χ2v) is 7.98. The van der Waals surface area contributed by atoms with Crippen LogP contribution in [0.1, 0.15) is 30.5 Å². The van der Waals surface area contributed by atoms with Gasteiger partial charge in [-0.05, 0) is 56.6 Å². The third kappa shape index (κ3) is 3.47. The molecule has 0 atom stereocenters. The number of H-pyrrole nitrogens is 1. The summed E-state index contributed by atoms with van der Waals surface area (Å²) in [6.07, 6.45) is 7.75. The van der Waals surface area contributed by atoms with E-state index in [4.69, 9.17) is 4.74 Å². The van der Waals surface area contributed by atoms with Gasteiger partial charge in [0.05, 0.1) is 18.8 Å². The van der Waals surface area contributed by atoms with Crippen LogP contribution in [0, 0.1) is 6.92 Å². The molecule has 0 amide bonds. The molecule has 1 saturated heterocycles. The summed E-state index contributed by atoms with van der Waals surface area (Å²) >= 11 is 0. The highest BCUT2D eigenvalue weighted by molar-refractivity contribution is 6.06. The summed E-state index contributed by atoms with van der Waals surface area (Å²) in [7, 11) is 1.76. The Morgan fingerprint density at radius 3 is 2.66 bits per heavy atom. The molecule has 5 nitrogen and oxygen atoms in total. The summed E-state index contributed by atoms with van der Waals surface area (Å²) in [4.78, 5) is 14.9. The van der Waals surface area contributed by atoms with Gasteiger partial charge in [0.2, 0.25) is 0 Å². The summed E-state index contributed by atoms with van der Waals surface area (Å²) < 4.78 is 5.75. The summed E-state index contributed by atoms with van der Waals surface area (Å²) in [6, 6.07) is 10.9. The van der Waals surface area contributed by atoms with Gasteiger partial charge in [0.15, 0.2) is 0 Å². The molecule has 1 N–H and O–H groups in total. The van der Waals surface area contributed by atoms with Crippen molar-refractivity contribution < 1.29 is 4.74 Å².